The monoisotopic (exact) mass is 327 g/mol. The third kappa shape index (κ3) is 4.68. The molecule has 0 N–H and O–H groups in total. The van der Waals surface area contributed by atoms with E-state index in [1.54, 1.807) is 18.2 Å². The van der Waals surface area contributed by atoms with Crippen LogP contribution in [0.15, 0.2) is 27.7 Å². The third-order valence-corrected chi connectivity index (χ3v) is 3.08. The van der Waals surface area contributed by atoms with Gasteiger partial charge in [0.25, 0.3) is 0 Å². The molecule has 0 spiro atoms. The summed E-state index contributed by atoms with van der Waals surface area (Å²) in [6, 6.07) is 4.95. The van der Waals surface area contributed by atoms with Crippen LogP contribution in [0.2, 0.25) is 5.02 Å². The van der Waals surface area contributed by atoms with E-state index in [0.29, 0.717) is 20.8 Å². The first-order chi connectivity index (χ1) is 7.83. The standard InChI is InChI=1S/C11H10BrClF3N/c1-17-10(4-5-11(14,15)16)8-6-7(13)2-3-9(8)12/h2-3,6H,4-5H2,1H3. The molecule has 1 nitrogen and oxygen atoms in total. The van der Waals surface area contributed by atoms with Crippen molar-refractivity contribution in [3.8, 4) is 0 Å². The van der Waals surface area contributed by atoms with Gasteiger partial charge >= 0.3 is 6.18 Å². The molecular formula is C11H10BrClF3N. The minimum Gasteiger partial charge on any atom is -0.292 e. The minimum atomic E-state index is -4.18. The highest BCUT2D eigenvalue weighted by Crippen LogP contribution is 2.27. The van der Waals surface area contributed by atoms with E-state index in [9.17, 15) is 13.2 Å². The summed E-state index contributed by atoms with van der Waals surface area (Å²) in [7, 11) is 1.47. The topological polar surface area (TPSA) is 12.4 Å². The van der Waals surface area contributed by atoms with E-state index in [0.717, 1.165) is 0 Å². The van der Waals surface area contributed by atoms with Gasteiger partial charge in [0, 0.05) is 34.2 Å². The first-order valence-corrected chi connectivity index (χ1v) is 5.98. The summed E-state index contributed by atoms with van der Waals surface area (Å²) in [5, 5.41) is 0.469. The molecule has 6 heteroatoms. The fourth-order valence-electron chi connectivity index (χ4n) is 1.35. The van der Waals surface area contributed by atoms with Crippen LogP contribution in [-0.4, -0.2) is 18.9 Å². The van der Waals surface area contributed by atoms with Gasteiger partial charge in [0.05, 0.1) is 0 Å². The summed E-state index contributed by atoms with van der Waals surface area (Å²) in [5.41, 5.74) is 0.987. The van der Waals surface area contributed by atoms with Crippen LogP contribution in [0.3, 0.4) is 0 Å². The Bertz CT molecular complexity index is 429. The molecule has 0 aliphatic heterocycles. The highest BCUT2D eigenvalue weighted by Gasteiger charge is 2.27. The molecule has 0 atom stereocenters. The van der Waals surface area contributed by atoms with E-state index in [2.05, 4.69) is 20.9 Å². The maximum absolute atomic E-state index is 12.2. The molecule has 0 radical (unpaired) electrons. The Balaban J connectivity index is 2.91. The molecule has 0 bridgehead atoms. The van der Waals surface area contributed by atoms with Gasteiger partial charge in [-0.1, -0.05) is 27.5 Å². The molecule has 1 aromatic rings. The van der Waals surface area contributed by atoms with Crippen molar-refractivity contribution in [1.29, 1.82) is 0 Å². The van der Waals surface area contributed by atoms with E-state index >= 15 is 0 Å². The smallest absolute Gasteiger partial charge is 0.292 e. The maximum atomic E-state index is 12.2. The Morgan fingerprint density at radius 3 is 2.59 bits per heavy atom. The Morgan fingerprint density at radius 2 is 2.06 bits per heavy atom. The Hall–Kier alpha value is -0.550. The van der Waals surface area contributed by atoms with E-state index in [-0.39, 0.29) is 6.42 Å². The largest absolute Gasteiger partial charge is 0.389 e. The molecule has 0 unspecified atom stereocenters. The second-order valence-electron chi connectivity index (χ2n) is 3.41. The Morgan fingerprint density at radius 1 is 1.41 bits per heavy atom. The molecule has 17 heavy (non-hydrogen) atoms. The van der Waals surface area contributed by atoms with Crippen molar-refractivity contribution >= 4 is 33.2 Å². The average Bonchev–Trinajstić information content (AvgIpc) is 2.22. The third-order valence-electron chi connectivity index (χ3n) is 2.15. The number of nitrogens with zero attached hydrogens (tertiary/aromatic N) is 1. The highest BCUT2D eigenvalue weighted by atomic mass is 79.9. The second kappa shape index (κ2) is 5.87. The lowest BCUT2D eigenvalue weighted by Crippen LogP contribution is -2.12. The van der Waals surface area contributed by atoms with Crippen LogP contribution in [0.1, 0.15) is 18.4 Å². The molecule has 1 aromatic carbocycles. The van der Waals surface area contributed by atoms with Gasteiger partial charge in [0.1, 0.15) is 0 Å². The molecule has 0 aliphatic rings. The van der Waals surface area contributed by atoms with Crippen molar-refractivity contribution in [2.45, 2.75) is 19.0 Å². The molecule has 0 heterocycles. The van der Waals surface area contributed by atoms with Gasteiger partial charge in [-0.05, 0) is 24.6 Å². The molecule has 94 valence electrons. The molecule has 0 aromatic heterocycles. The average molecular weight is 329 g/mol. The summed E-state index contributed by atoms with van der Waals surface area (Å²) in [5.74, 6) is 0. The van der Waals surface area contributed by atoms with E-state index in [4.69, 9.17) is 11.6 Å². The maximum Gasteiger partial charge on any atom is 0.389 e. The zero-order chi connectivity index (χ0) is 13.1. The molecular weight excluding hydrogens is 318 g/mol. The van der Waals surface area contributed by atoms with Gasteiger partial charge in [0.2, 0.25) is 0 Å². The molecule has 0 aliphatic carbocycles. The lowest BCUT2D eigenvalue weighted by atomic mass is 10.1. The first kappa shape index (κ1) is 14.5. The number of alkyl halides is 3. The summed E-state index contributed by atoms with van der Waals surface area (Å²) in [6.07, 6.45) is -5.22. The predicted molar refractivity (Wildman–Crippen MR) is 66.9 cm³/mol. The Kier molecular flexibility index (Phi) is 5.01. The van der Waals surface area contributed by atoms with Crippen LogP contribution in [0.25, 0.3) is 0 Å². The van der Waals surface area contributed by atoms with E-state index in [1.807, 2.05) is 0 Å². The summed E-state index contributed by atoms with van der Waals surface area (Å²) in [6.45, 7) is 0. The summed E-state index contributed by atoms with van der Waals surface area (Å²) >= 11 is 9.08. The number of rotatable bonds is 3. The van der Waals surface area contributed by atoms with Gasteiger partial charge in [-0.2, -0.15) is 13.2 Å². The summed E-state index contributed by atoms with van der Waals surface area (Å²) < 4.78 is 37.2. The van der Waals surface area contributed by atoms with Crippen LogP contribution in [0.4, 0.5) is 13.2 Å². The van der Waals surface area contributed by atoms with Crippen molar-refractivity contribution in [3.05, 3.63) is 33.3 Å². The number of benzene rings is 1. The zero-order valence-electron chi connectivity index (χ0n) is 8.98. The lowest BCUT2D eigenvalue weighted by molar-refractivity contribution is -0.132. The lowest BCUT2D eigenvalue weighted by Gasteiger charge is -2.10. The van der Waals surface area contributed by atoms with Crippen molar-refractivity contribution in [3.63, 3.8) is 0 Å². The van der Waals surface area contributed by atoms with Crippen LogP contribution in [0, 0.1) is 0 Å². The van der Waals surface area contributed by atoms with Crippen molar-refractivity contribution < 1.29 is 13.2 Å². The van der Waals surface area contributed by atoms with Crippen LogP contribution in [-0.2, 0) is 0 Å². The van der Waals surface area contributed by atoms with Crippen LogP contribution < -0.4 is 0 Å². The first-order valence-electron chi connectivity index (χ1n) is 4.81. The summed E-state index contributed by atoms with van der Waals surface area (Å²) in [4.78, 5) is 3.89. The quantitative estimate of drug-likeness (QED) is 0.702. The zero-order valence-corrected chi connectivity index (χ0v) is 11.3. The van der Waals surface area contributed by atoms with Crippen LogP contribution in [0.5, 0.6) is 0 Å². The fraction of sp³-hybridized carbons (Fsp3) is 0.364. The number of aliphatic imine (C=N–C) groups is 1. The minimum absolute atomic E-state index is 0.154. The highest BCUT2D eigenvalue weighted by molar-refractivity contribution is 9.10. The number of hydrogen-bond acceptors (Lipinski definition) is 1. The van der Waals surface area contributed by atoms with Gasteiger partial charge in [0.15, 0.2) is 0 Å². The molecule has 0 saturated heterocycles. The van der Waals surface area contributed by atoms with Gasteiger partial charge in [-0.3, -0.25) is 4.99 Å². The van der Waals surface area contributed by atoms with E-state index < -0.39 is 12.6 Å². The van der Waals surface area contributed by atoms with E-state index in [1.165, 1.54) is 7.05 Å². The molecule has 1 rings (SSSR count). The predicted octanol–water partition coefficient (Wildman–Crippen LogP) is 4.86. The second-order valence-corrected chi connectivity index (χ2v) is 4.70. The van der Waals surface area contributed by atoms with Crippen LogP contribution >= 0.6 is 27.5 Å². The molecule has 0 fully saturated rings. The number of hydrogen-bond donors (Lipinski definition) is 0. The van der Waals surface area contributed by atoms with Gasteiger partial charge in [-0.25, -0.2) is 0 Å². The number of halogens is 5. The van der Waals surface area contributed by atoms with Crippen molar-refractivity contribution in [2.24, 2.45) is 4.99 Å². The molecule has 0 saturated carbocycles. The normalized spacial score (nSPS) is 12.9. The van der Waals surface area contributed by atoms with Crippen molar-refractivity contribution in [1.82, 2.24) is 0 Å². The van der Waals surface area contributed by atoms with Crippen molar-refractivity contribution in [2.75, 3.05) is 7.05 Å². The fourth-order valence-corrected chi connectivity index (χ4v) is 1.99. The SMILES string of the molecule is CN=C(CCC(F)(F)F)c1cc(Cl)ccc1Br. The molecule has 0 amide bonds. The van der Waals surface area contributed by atoms with Gasteiger partial charge < -0.3 is 0 Å². The van der Waals surface area contributed by atoms with Gasteiger partial charge in [-0.15, -0.1) is 0 Å². The Labute approximate surface area is 111 Å².